The maximum absolute atomic E-state index is 11.9. The Hall–Kier alpha value is -2.69. The van der Waals surface area contributed by atoms with E-state index in [0.717, 1.165) is 29.8 Å². The number of rotatable bonds is 8. The molecular formula is C21H26N4O. The molecule has 0 saturated carbocycles. The summed E-state index contributed by atoms with van der Waals surface area (Å²) >= 11 is 0. The van der Waals surface area contributed by atoms with Gasteiger partial charge in [-0.1, -0.05) is 44.2 Å². The third kappa shape index (κ3) is 4.69. The Morgan fingerprint density at radius 1 is 1.12 bits per heavy atom. The highest BCUT2D eigenvalue weighted by molar-refractivity contribution is 5.76. The number of nitrogens with one attached hydrogen (secondary N) is 1. The number of pyridine rings is 1. The van der Waals surface area contributed by atoms with E-state index in [1.807, 2.05) is 18.2 Å². The number of hydrogen-bond acceptors (Lipinski definition) is 3. The monoisotopic (exact) mass is 350 g/mol. The summed E-state index contributed by atoms with van der Waals surface area (Å²) in [7, 11) is 0. The van der Waals surface area contributed by atoms with Crippen molar-refractivity contribution in [2.75, 3.05) is 6.54 Å². The van der Waals surface area contributed by atoms with Crippen LogP contribution in [0.5, 0.6) is 0 Å². The standard InChI is InChI=1S/C21H26N4O/c1-16(2)15-20(26)22-13-14-25-19(11-10-17-7-4-3-5-8-17)24-18-9-6-12-23-21(18)25/h3-9,12,16H,10-11,13-15H2,1-2H3,(H,22,26). The fraction of sp³-hybridized carbons (Fsp3) is 0.381. The maximum atomic E-state index is 11.9. The van der Waals surface area contributed by atoms with Crippen molar-refractivity contribution < 1.29 is 4.79 Å². The van der Waals surface area contributed by atoms with Gasteiger partial charge in [-0.25, -0.2) is 9.97 Å². The van der Waals surface area contributed by atoms with Gasteiger partial charge in [0.25, 0.3) is 0 Å². The molecule has 1 N–H and O–H groups in total. The van der Waals surface area contributed by atoms with Crippen LogP contribution in [0.4, 0.5) is 0 Å². The fourth-order valence-electron chi connectivity index (χ4n) is 3.08. The number of benzene rings is 1. The molecule has 0 aliphatic carbocycles. The predicted octanol–water partition coefficient (Wildman–Crippen LogP) is 3.38. The van der Waals surface area contributed by atoms with Crippen molar-refractivity contribution in [3.8, 4) is 0 Å². The second-order valence-electron chi connectivity index (χ2n) is 6.96. The number of fused-ring (bicyclic) bond motifs is 1. The third-order valence-electron chi connectivity index (χ3n) is 4.31. The fourth-order valence-corrected chi connectivity index (χ4v) is 3.08. The van der Waals surface area contributed by atoms with Crippen LogP contribution < -0.4 is 5.32 Å². The van der Waals surface area contributed by atoms with Crippen LogP contribution in [0.15, 0.2) is 48.7 Å². The van der Waals surface area contributed by atoms with E-state index in [0.29, 0.717) is 25.4 Å². The molecule has 5 heteroatoms. The molecule has 0 unspecified atom stereocenters. The molecular weight excluding hydrogens is 324 g/mol. The van der Waals surface area contributed by atoms with Gasteiger partial charge in [-0.2, -0.15) is 0 Å². The van der Waals surface area contributed by atoms with E-state index in [1.165, 1.54) is 5.56 Å². The zero-order valence-corrected chi connectivity index (χ0v) is 15.5. The highest BCUT2D eigenvalue weighted by Gasteiger charge is 2.12. The summed E-state index contributed by atoms with van der Waals surface area (Å²) in [5.41, 5.74) is 3.09. The number of nitrogens with zero attached hydrogens (tertiary/aromatic N) is 3. The van der Waals surface area contributed by atoms with Gasteiger partial charge in [0.2, 0.25) is 5.91 Å². The van der Waals surface area contributed by atoms with E-state index in [-0.39, 0.29) is 5.91 Å². The SMILES string of the molecule is CC(C)CC(=O)NCCn1c(CCc2ccccc2)nc2cccnc21. The highest BCUT2D eigenvalue weighted by Crippen LogP contribution is 2.15. The van der Waals surface area contributed by atoms with Crippen molar-refractivity contribution in [2.45, 2.75) is 39.7 Å². The van der Waals surface area contributed by atoms with Crippen LogP contribution in [0.25, 0.3) is 11.2 Å². The van der Waals surface area contributed by atoms with Gasteiger partial charge >= 0.3 is 0 Å². The second kappa shape index (κ2) is 8.61. The van der Waals surface area contributed by atoms with Gasteiger partial charge in [0, 0.05) is 32.1 Å². The Labute approximate surface area is 154 Å². The van der Waals surface area contributed by atoms with E-state index in [4.69, 9.17) is 4.98 Å². The molecule has 0 fully saturated rings. The third-order valence-corrected chi connectivity index (χ3v) is 4.31. The van der Waals surface area contributed by atoms with Crippen molar-refractivity contribution in [3.63, 3.8) is 0 Å². The van der Waals surface area contributed by atoms with Gasteiger partial charge in [-0.05, 0) is 30.0 Å². The van der Waals surface area contributed by atoms with Gasteiger partial charge in [0.05, 0.1) is 0 Å². The number of aromatic nitrogens is 3. The Balaban J connectivity index is 1.71. The Kier molecular flexibility index (Phi) is 6.00. The lowest BCUT2D eigenvalue weighted by Crippen LogP contribution is -2.28. The quantitative estimate of drug-likeness (QED) is 0.677. The van der Waals surface area contributed by atoms with Crippen LogP contribution in [-0.2, 0) is 24.2 Å². The largest absolute Gasteiger partial charge is 0.354 e. The highest BCUT2D eigenvalue weighted by atomic mass is 16.1. The number of amides is 1. The van der Waals surface area contributed by atoms with Crippen LogP contribution >= 0.6 is 0 Å². The molecule has 0 saturated heterocycles. The second-order valence-corrected chi connectivity index (χ2v) is 6.96. The van der Waals surface area contributed by atoms with Gasteiger partial charge in [0.15, 0.2) is 5.65 Å². The topological polar surface area (TPSA) is 59.8 Å². The molecule has 3 aromatic rings. The summed E-state index contributed by atoms with van der Waals surface area (Å²) in [6.07, 6.45) is 4.13. The summed E-state index contributed by atoms with van der Waals surface area (Å²) in [6, 6.07) is 14.3. The Morgan fingerprint density at radius 3 is 2.69 bits per heavy atom. The Morgan fingerprint density at radius 2 is 1.92 bits per heavy atom. The number of carbonyl (C=O) groups excluding carboxylic acids is 1. The number of imidazole rings is 1. The molecule has 0 spiro atoms. The van der Waals surface area contributed by atoms with Crippen LogP contribution in [0, 0.1) is 5.92 Å². The van der Waals surface area contributed by atoms with Gasteiger partial charge in [-0.15, -0.1) is 0 Å². The number of carbonyl (C=O) groups is 1. The minimum absolute atomic E-state index is 0.100. The molecule has 1 amide bonds. The normalized spacial score (nSPS) is 11.2. The van der Waals surface area contributed by atoms with Gasteiger partial charge in [-0.3, -0.25) is 4.79 Å². The number of aryl methyl sites for hydroxylation is 2. The first-order valence-corrected chi connectivity index (χ1v) is 9.24. The molecule has 0 atom stereocenters. The molecule has 0 radical (unpaired) electrons. The van der Waals surface area contributed by atoms with Crippen molar-refractivity contribution in [3.05, 3.63) is 60.0 Å². The van der Waals surface area contributed by atoms with Crippen LogP contribution in [0.1, 0.15) is 31.7 Å². The van der Waals surface area contributed by atoms with Gasteiger partial charge < -0.3 is 9.88 Å². The van der Waals surface area contributed by atoms with E-state index < -0.39 is 0 Å². The average Bonchev–Trinajstić information content (AvgIpc) is 2.98. The summed E-state index contributed by atoms with van der Waals surface area (Å²) in [4.78, 5) is 21.1. The zero-order chi connectivity index (χ0) is 18.4. The molecule has 26 heavy (non-hydrogen) atoms. The van der Waals surface area contributed by atoms with Crippen LogP contribution in [0.3, 0.4) is 0 Å². The lowest BCUT2D eigenvalue weighted by Gasteiger charge is -2.11. The first kappa shape index (κ1) is 18.1. The number of hydrogen-bond donors (Lipinski definition) is 1. The maximum Gasteiger partial charge on any atom is 0.220 e. The molecule has 0 aliphatic heterocycles. The van der Waals surface area contributed by atoms with E-state index >= 15 is 0 Å². The molecule has 136 valence electrons. The van der Waals surface area contributed by atoms with Crippen LogP contribution in [-0.4, -0.2) is 27.0 Å². The summed E-state index contributed by atoms with van der Waals surface area (Å²) in [5, 5.41) is 3.00. The first-order valence-electron chi connectivity index (χ1n) is 9.24. The van der Waals surface area contributed by atoms with Crippen molar-refractivity contribution >= 4 is 17.1 Å². The minimum Gasteiger partial charge on any atom is -0.354 e. The molecule has 2 aromatic heterocycles. The van der Waals surface area contributed by atoms with E-state index in [9.17, 15) is 4.79 Å². The van der Waals surface area contributed by atoms with E-state index in [2.05, 4.69) is 53.0 Å². The summed E-state index contributed by atoms with van der Waals surface area (Å²) < 4.78 is 2.13. The lowest BCUT2D eigenvalue weighted by molar-refractivity contribution is -0.121. The average molecular weight is 350 g/mol. The van der Waals surface area contributed by atoms with E-state index in [1.54, 1.807) is 6.20 Å². The van der Waals surface area contributed by atoms with Crippen LogP contribution in [0.2, 0.25) is 0 Å². The molecule has 0 bridgehead atoms. The Bertz CT molecular complexity index is 855. The van der Waals surface area contributed by atoms with Crippen molar-refractivity contribution in [1.82, 2.24) is 19.9 Å². The smallest absolute Gasteiger partial charge is 0.220 e. The predicted molar refractivity (Wildman–Crippen MR) is 104 cm³/mol. The summed E-state index contributed by atoms with van der Waals surface area (Å²) in [6.45, 7) is 5.37. The molecule has 5 nitrogen and oxygen atoms in total. The lowest BCUT2D eigenvalue weighted by atomic mass is 10.1. The van der Waals surface area contributed by atoms with Gasteiger partial charge in [0.1, 0.15) is 11.3 Å². The molecule has 0 aliphatic rings. The minimum atomic E-state index is 0.100. The molecule has 2 heterocycles. The van der Waals surface area contributed by atoms with Crippen molar-refractivity contribution in [2.24, 2.45) is 5.92 Å². The van der Waals surface area contributed by atoms with Crippen molar-refractivity contribution in [1.29, 1.82) is 0 Å². The zero-order valence-electron chi connectivity index (χ0n) is 15.5. The molecule has 3 rings (SSSR count). The summed E-state index contributed by atoms with van der Waals surface area (Å²) in [5.74, 6) is 1.48. The molecule has 1 aromatic carbocycles. The first-order chi connectivity index (χ1) is 12.6.